The molecule has 1 aliphatic rings. The van der Waals surface area contributed by atoms with Crippen molar-refractivity contribution in [1.82, 2.24) is 5.43 Å². The Bertz CT molecular complexity index is 1410. The van der Waals surface area contributed by atoms with Gasteiger partial charge in [0, 0.05) is 6.07 Å². The maximum absolute atomic E-state index is 13.0. The Balaban J connectivity index is 1.65. The highest BCUT2D eigenvalue weighted by Crippen LogP contribution is 2.40. The standard InChI is InChI=1S/C25H18F3N3O6/c1-2-36-22-13-15(12-18-23(32)29-30(24(18)33)17-6-4-3-5-7-17)8-10-21(22)37-20-11-9-16(25(26,27)28)14-19(20)31(34)35/h3-14H,2H2,1H3,(H,29,32)/b18-12+. The molecule has 0 aliphatic carbocycles. The fraction of sp³-hybridized carbons (Fsp3) is 0.120. The molecule has 0 unspecified atom stereocenters. The summed E-state index contributed by atoms with van der Waals surface area (Å²) in [6, 6.07) is 14.7. The smallest absolute Gasteiger partial charge is 0.416 e. The van der Waals surface area contributed by atoms with Crippen LogP contribution in [0.5, 0.6) is 17.2 Å². The van der Waals surface area contributed by atoms with E-state index in [4.69, 9.17) is 9.47 Å². The summed E-state index contributed by atoms with van der Waals surface area (Å²) >= 11 is 0. The average Bonchev–Trinajstić information content (AvgIpc) is 3.14. The van der Waals surface area contributed by atoms with Gasteiger partial charge in [-0.25, -0.2) is 5.01 Å². The van der Waals surface area contributed by atoms with Crippen LogP contribution in [0.2, 0.25) is 0 Å². The number of amides is 2. The number of hydrogen-bond donors (Lipinski definition) is 1. The third-order valence-corrected chi connectivity index (χ3v) is 5.19. The van der Waals surface area contributed by atoms with Crippen LogP contribution in [-0.4, -0.2) is 23.3 Å². The van der Waals surface area contributed by atoms with Gasteiger partial charge in [-0.05, 0) is 55.0 Å². The first-order valence-electron chi connectivity index (χ1n) is 10.8. The Kier molecular flexibility index (Phi) is 6.83. The molecule has 9 nitrogen and oxygen atoms in total. The summed E-state index contributed by atoms with van der Waals surface area (Å²) < 4.78 is 50.1. The SMILES string of the molecule is CCOc1cc(/C=C2\C(=O)NN(c3ccccc3)C2=O)ccc1Oc1ccc(C(F)(F)F)cc1[N+](=O)[O-]. The number of carbonyl (C=O) groups excluding carboxylic acids is 2. The molecule has 1 N–H and O–H groups in total. The molecule has 1 aliphatic heterocycles. The third-order valence-electron chi connectivity index (χ3n) is 5.19. The molecule has 0 bridgehead atoms. The van der Waals surface area contributed by atoms with Gasteiger partial charge in [0.1, 0.15) is 5.57 Å². The zero-order chi connectivity index (χ0) is 26.7. The van der Waals surface area contributed by atoms with Crippen LogP contribution in [-0.2, 0) is 15.8 Å². The Labute approximate surface area is 207 Å². The molecular weight excluding hydrogens is 495 g/mol. The van der Waals surface area contributed by atoms with Gasteiger partial charge in [-0.15, -0.1) is 0 Å². The second-order valence-electron chi connectivity index (χ2n) is 7.65. The molecule has 190 valence electrons. The van der Waals surface area contributed by atoms with E-state index in [9.17, 15) is 32.9 Å². The fourth-order valence-electron chi connectivity index (χ4n) is 3.49. The lowest BCUT2D eigenvalue weighted by molar-refractivity contribution is -0.385. The number of para-hydroxylation sites is 1. The lowest BCUT2D eigenvalue weighted by Crippen LogP contribution is -2.35. The topological polar surface area (TPSA) is 111 Å². The number of nitro groups is 1. The van der Waals surface area contributed by atoms with Crippen molar-refractivity contribution in [3.05, 3.63) is 93.5 Å². The van der Waals surface area contributed by atoms with Crippen LogP contribution in [0.1, 0.15) is 18.1 Å². The van der Waals surface area contributed by atoms with Crippen molar-refractivity contribution in [1.29, 1.82) is 0 Å². The van der Waals surface area contributed by atoms with Gasteiger partial charge in [-0.2, -0.15) is 13.2 Å². The maximum atomic E-state index is 13.0. The second kappa shape index (κ2) is 10.0. The summed E-state index contributed by atoms with van der Waals surface area (Å²) in [6.07, 6.45) is -3.43. The zero-order valence-corrected chi connectivity index (χ0v) is 19.1. The first-order valence-corrected chi connectivity index (χ1v) is 10.8. The molecule has 4 rings (SSSR count). The van der Waals surface area contributed by atoms with E-state index in [1.807, 2.05) is 0 Å². The van der Waals surface area contributed by atoms with Gasteiger partial charge in [0.25, 0.3) is 11.8 Å². The molecule has 1 fully saturated rings. The number of hydrogen-bond acceptors (Lipinski definition) is 6. The number of hydrazine groups is 1. The van der Waals surface area contributed by atoms with Crippen LogP contribution in [0.25, 0.3) is 6.08 Å². The first kappa shape index (κ1) is 25.2. The molecule has 37 heavy (non-hydrogen) atoms. The van der Waals surface area contributed by atoms with Crippen LogP contribution in [0.15, 0.2) is 72.3 Å². The van der Waals surface area contributed by atoms with Gasteiger partial charge in [-0.1, -0.05) is 24.3 Å². The maximum Gasteiger partial charge on any atom is 0.416 e. The molecule has 2 amide bonds. The van der Waals surface area contributed by atoms with E-state index in [0.717, 1.165) is 11.1 Å². The Morgan fingerprint density at radius 2 is 1.70 bits per heavy atom. The summed E-state index contributed by atoms with van der Waals surface area (Å²) in [5.74, 6) is -1.53. The minimum Gasteiger partial charge on any atom is -0.490 e. The van der Waals surface area contributed by atoms with Crippen LogP contribution < -0.4 is 19.9 Å². The van der Waals surface area contributed by atoms with Crippen molar-refractivity contribution in [2.24, 2.45) is 0 Å². The quantitative estimate of drug-likeness (QED) is 0.200. The number of alkyl halides is 3. The van der Waals surface area contributed by atoms with Crippen molar-refractivity contribution in [3.63, 3.8) is 0 Å². The molecule has 0 radical (unpaired) electrons. The van der Waals surface area contributed by atoms with Gasteiger partial charge >= 0.3 is 11.9 Å². The number of anilines is 1. The number of ether oxygens (including phenoxy) is 2. The number of carbonyl (C=O) groups is 2. The third kappa shape index (κ3) is 5.37. The molecule has 0 atom stereocenters. The first-order chi connectivity index (χ1) is 17.6. The minimum absolute atomic E-state index is 0.0139. The monoisotopic (exact) mass is 513 g/mol. The van der Waals surface area contributed by atoms with Crippen molar-refractivity contribution in [2.45, 2.75) is 13.1 Å². The van der Waals surface area contributed by atoms with Crippen molar-refractivity contribution < 1.29 is 37.2 Å². The molecule has 0 spiro atoms. The molecule has 12 heteroatoms. The number of rotatable bonds is 7. The molecule has 1 heterocycles. The van der Waals surface area contributed by atoms with E-state index in [0.29, 0.717) is 23.4 Å². The van der Waals surface area contributed by atoms with Crippen LogP contribution >= 0.6 is 0 Å². The molecule has 3 aromatic rings. The van der Waals surface area contributed by atoms with Gasteiger partial charge in [-0.3, -0.25) is 25.1 Å². The average molecular weight is 513 g/mol. The van der Waals surface area contributed by atoms with E-state index in [-0.39, 0.29) is 23.7 Å². The van der Waals surface area contributed by atoms with Crippen molar-refractivity contribution in [3.8, 4) is 17.2 Å². The molecular formula is C25H18F3N3O6. The Hall–Kier alpha value is -4.87. The zero-order valence-electron chi connectivity index (χ0n) is 19.1. The molecule has 0 aromatic heterocycles. The normalized spacial score (nSPS) is 14.6. The van der Waals surface area contributed by atoms with Gasteiger partial charge < -0.3 is 9.47 Å². The highest BCUT2D eigenvalue weighted by Gasteiger charge is 2.35. The fourth-order valence-corrected chi connectivity index (χ4v) is 3.49. The predicted octanol–water partition coefficient (Wildman–Crippen LogP) is 5.27. The summed E-state index contributed by atoms with van der Waals surface area (Å²) in [5, 5.41) is 12.5. The summed E-state index contributed by atoms with van der Waals surface area (Å²) in [6.45, 7) is 1.83. The van der Waals surface area contributed by atoms with Crippen molar-refractivity contribution >= 4 is 29.3 Å². The van der Waals surface area contributed by atoms with E-state index >= 15 is 0 Å². The molecule has 1 saturated heterocycles. The highest BCUT2D eigenvalue weighted by molar-refractivity contribution is 6.31. The van der Waals surface area contributed by atoms with E-state index in [1.165, 1.54) is 24.3 Å². The molecule has 0 saturated carbocycles. The van der Waals surface area contributed by atoms with Crippen LogP contribution in [0.4, 0.5) is 24.5 Å². The van der Waals surface area contributed by atoms with Crippen molar-refractivity contribution in [2.75, 3.05) is 11.6 Å². The summed E-state index contributed by atoms with van der Waals surface area (Å²) in [5.41, 5.74) is 1.13. The summed E-state index contributed by atoms with van der Waals surface area (Å²) in [7, 11) is 0. The second-order valence-corrected chi connectivity index (χ2v) is 7.65. The Morgan fingerprint density at radius 3 is 2.35 bits per heavy atom. The molecule has 3 aromatic carbocycles. The highest BCUT2D eigenvalue weighted by atomic mass is 19.4. The van der Waals surface area contributed by atoms with Gasteiger partial charge in [0.15, 0.2) is 11.5 Å². The number of nitrogens with one attached hydrogen (secondary N) is 1. The number of nitrogens with zero attached hydrogens (tertiary/aromatic N) is 2. The number of benzene rings is 3. The van der Waals surface area contributed by atoms with E-state index < -0.39 is 39.9 Å². The lowest BCUT2D eigenvalue weighted by atomic mass is 10.1. The lowest BCUT2D eigenvalue weighted by Gasteiger charge is -2.14. The Morgan fingerprint density at radius 1 is 1.00 bits per heavy atom. The van der Waals surface area contributed by atoms with E-state index in [1.54, 1.807) is 37.3 Å². The largest absolute Gasteiger partial charge is 0.490 e. The van der Waals surface area contributed by atoms with E-state index in [2.05, 4.69) is 5.43 Å². The van der Waals surface area contributed by atoms with Gasteiger partial charge in [0.05, 0.1) is 22.8 Å². The van der Waals surface area contributed by atoms with Gasteiger partial charge in [0.2, 0.25) is 5.75 Å². The predicted molar refractivity (Wildman–Crippen MR) is 126 cm³/mol. The van der Waals surface area contributed by atoms with Crippen LogP contribution in [0.3, 0.4) is 0 Å². The number of nitro benzene ring substituents is 1. The summed E-state index contributed by atoms with van der Waals surface area (Å²) in [4.78, 5) is 35.7. The minimum atomic E-state index is -4.77. The number of halogens is 3. The van der Waals surface area contributed by atoms with Crippen LogP contribution in [0, 0.1) is 10.1 Å².